The molecule has 0 unspecified atom stereocenters. The third kappa shape index (κ3) is 2.14. The van der Waals surface area contributed by atoms with E-state index in [0.29, 0.717) is 10.9 Å². The van der Waals surface area contributed by atoms with Gasteiger partial charge < -0.3 is 0 Å². The Balaban J connectivity index is 1.70. The lowest BCUT2D eigenvalue weighted by Gasteiger charge is -2.50. The molecule has 118 valence electrons. The molecule has 1 saturated carbocycles. The zero-order valence-electron chi connectivity index (χ0n) is 12.2. The minimum Gasteiger partial charge on any atom is -0.295 e. The highest BCUT2D eigenvalue weighted by Gasteiger charge is 2.60. The fourth-order valence-corrected chi connectivity index (χ4v) is 4.39. The lowest BCUT2D eigenvalue weighted by Crippen LogP contribution is -2.59. The summed E-state index contributed by atoms with van der Waals surface area (Å²) in [6, 6.07) is 4.55. The SMILES string of the molecule is ONC(=N[C@H]1C2CCN(CC2)C12CC2)c1ccc(Cl)cc1F. The summed E-state index contributed by atoms with van der Waals surface area (Å²) in [5.74, 6) is 0.268. The van der Waals surface area contributed by atoms with Crippen molar-refractivity contribution >= 4 is 17.4 Å². The van der Waals surface area contributed by atoms with Crippen LogP contribution in [0.25, 0.3) is 0 Å². The first-order chi connectivity index (χ1) is 10.6. The lowest BCUT2D eigenvalue weighted by molar-refractivity contribution is 0.0131. The van der Waals surface area contributed by atoms with Gasteiger partial charge in [0.25, 0.3) is 0 Å². The summed E-state index contributed by atoms with van der Waals surface area (Å²) in [6.45, 7) is 2.29. The van der Waals surface area contributed by atoms with Gasteiger partial charge >= 0.3 is 0 Å². The third-order valence-electron chi connectivity index (χ3n) is 5.49. The fraction of sp³-hybridized carbons (Fsp3) is 0.562. The van der Waals surface area contributed by atoms with Gasteiger partial charge in [0.15, 0.2) is 5.84 Å². The average molecular weight is 324 g/mol. The van der Waals surface area contributed by atoms with Crippen molar-refractivity contribution in [1.29, 1.82) is 0 Å². The smallest absolute Gasteiger partial charge is 0.155 e. The van der Waals surface area contributed by atoms with Crippen molar-refractivity contribution in [2.45, 2.75) is 37.3 Å². The molecule has 3 heterocycles. The number of hydroxylamine groups is 1. The molecule has 1 aromatic carbocycles. The topological polar surface area (TPSA) is 47.9 Å². The molecule has 2 bridgehead atoms. The van der Waals surface area contributed by atoms with Crippen molar-refractivity contribution in [2.75, 3.05) is 13.1 Å². The standard InChI is InChI=1S/C16H19ClFN3O/c17-11-1-2-12(13(18)9-11)15(20-22)19-14-10-3-7-21(8-4-10)16(14)5-6-16/h1-2,9-10,14,22H,3-8H2,(H,19,20)/t14-/m0/s1. The van der Waals surface area contributed by atoms with E-state index in [0.717, 1.165) is 38.8 Å². The molecule has 2 N–H and O–H groups in total. The maximum Gasteiger partial charge on any atom is 0.155 e. The first kappa shape index (κ1) is 14.4. The summed E-state index contributed by atoms with van der Waals surface area (Å²) in [6.07, 6.45) is 4.58. The van der Waals surface area contributed by atoms with Crippen LogP contribution in [0.3, 0.4) is 0 Å². The van der Waals surface area contributed by atoms with E-state index in [1.165, 1.54) is 6.07 Å². The summed E-state index contributed by atoms with van der Waals surface area (Å²) in [5, 5.41) is 9.80. The second-order valence-corrected chi connectivity index (χ2v) is 7.02. The van der Waals surface area contributed by atoms with Gasteiger partial charge in [-0.15, -0.1) is 0 Å². The Hall–Kier alpha value is -1.17. The molecule has 0 aromatic heterocycles. The largest absolute Gasteiger partial charge is 0.295 e. The lowest BCUT2D eigenvalue weighted by atomic mass is 9.77. The highest BCUT2D eigenvalue weighted by molar-refractivity contribution is 6.30. The Morgan fingerprint density at radius 2 is 2.09 bits per heavy atom. The van der Waals surface area contributed by atoms with Crippen molar-refractivity contribution in [3.8, 4) is 0 Å². The molecule has 1 atom stereocenters. The van der Waals surface area contributed by atoms with Crippen molar-refractivity contribution in [1.82, 2.24) is 10.4 Å². The minimum atomic E-state index is -0.473. The predicted octanol–water partition coefficient (Wildman–Crippen LogP) is 2.83. The van der Waals surface area contributed by atoms with Crippen LogP contribution in [0.2, 0.25) is 5.02 Å². The van der Waals surface area contributed by atoms with Crippen molar-refractivity contribution in [3.05, 3.63) is 34.6 Å². The van der Waals surface area contributed by atoms with Gasteiger partial charge in [-0.05, 0) is 62.9 Å². The average Bonchev–Trinajstić information content (AvgIpc) is 3.30. The molecule has 22 heavy (non-hydrogen) atoms. The van der Waals surface area contributed by atoms with Gasteiger partial charge in [0.1, 0.15) is 5.82 Å². The molecule has 0 amide bonds. The minimum absolute atomic E-state index is 0.139. The molecule has 4 fully saturated rings. The predicted molar refractivity (Wildman–Crippen MR) is 82.9 cm³/mol. The van der Waals surface area contributed by atoms with Gasteiger partial charge in [-0.2, -0.15) is 0 Å². The number of aliphatic imine (C=N–C) groups is 1. The van der Waals surface area contributed by atoms with E-state index < -0.39 is 5.82 Å². The second-order valence-electron chi connectivity index (χ2n) is 6.59. The van der Waals surface area contributed by atoms with E-state index in [9.17, 15) is 9.60 Å². The van der Waals surface area contributed by atoms with Gasteiger partial charge in [-0.1, -0.05) is 11.6 Å². The van der Waals surface area contributed by atoms with E-state index in [1.807, 2.05) is 0 Å². The summed E-state index contributed by atoms with van der Waals surface area (Å²) in [7, 11) is 0. The molecule has 1 spiro atoms. The molecule has 4 nitrogen and oxygen atoms in total. The Morgan fingerprint density at radius 1 is 1.36 bits per heavy atom. The molecule has 3 saturated heterocycles. The number of piperidine rings is 3. The van der Waals surface area contributed by atoms with Crippen LogP contribution in [0.4, 0.5) is 4.39 Å². The quantitative estimate of drug-likeness (QED) is 0.500. The zero-order chi connectivity index (χ0) is 15.3. The second kappa shape index (κ2) is 5.18. The van der Waals surface area contributed by atoms with Crippen LogP contribution in [0.15, 0.2) is 23.2 Å². The number of fused-ring (bicyclic) bond motifs is 2. The zero-order valence-corrected chi connectivity index (χ0v) is 13.0. The Kier molecular flexibility index (Phi) is 3.40. The molecule has 1 aliphatic carbocycles. The van der Waals surface area contributed by atoms with E-state index in [-0.39, 0.29) is 23.0 Å². The van der Waals surface area contributed by atoms with Gasteiger partial charge in [0.05, 0.1) is 11.6 Å². The summed E-state index contributed by atoms with van der Waals surface area (Å²) in [5.41, 5.74) is 2.52. The number of hydrogen-bond donors (Lipinski definition) is 2. The van der Waals surface area contributed by atoms with E-state index in [1.54, 1.807) is 12.1 Å². The molecule has 4 aliphatic rings. The highest BCUT2D eigenvalue weighted by atomic mass is 35.5. The van der Waals surface area contributed by atoms with Crippen LogP contribution in [-0.2, 0) is 0 Å². The maximum absolute atomic E-state index is 14.1. The third-order valence-corrected chi connectivity index (χ3v) is 5.72. The first-order valence-electron chi connectivity index (χ1n) is 7.82. The Labute approximate surface area is 133 Å². The van der Waals surface area contributed by atoms with Crippen LogP contribution in [-0.4, -0.2) is 40.6 Å². The Morgan fingerprint density at radius 3 is 2.68 bits per heavy atom. The maximum atomic E-state index is 14.1. The van der Waals surface area contributed by atoms with Crippen molar-refractivity contribution in [2.24, 2.45) is 10.9 Å². The number of amidine groups is 1. The number of halogens is 2. The van der Waals surface area contributed by atoms with E-state index >= 15 is 0 Å². The number of nitrogens with zero attached hydrogens (tertiary/aromatic N) is 2. The molecular formula is C16H19ClFN3O. The molecule has 6 heteroatoms. The molecular weight excluding hydrogens is 305 g/mol. The van der Waals surface area contributed by atoms with Gasteiger partial charge in [0, 0.05) is 10.6 Å². The van der Waals surface area contributed by atoms with Crippen LogP contribution in [0.1, 0.15) is 31.2 Å². The molecule has 0 radical (unpaired) electrons. The van der Waals surface area contributed by atoms with Crippen LogP contribution < -0.4 is 5.48 Å². The van der Waals surface area contributed by atoms with E-state index in [4.69, 9.17) is 16.6 Å². The molecule has 1 aromatic rings. The van der Waals surface area contributed by atoms with Gasteiger partial charge in [0.2, 0.25) is 0 Å². The summed E-state index contributed by atoms with van der Waals surface area (Å²) >= 11 is 5.79. The monoisotopic (exact) mass is 323 g/mol. The van der Waals surface area contributed by atoms with E-state index in [2.05, 4.69) is 10.4 Å². The molecule has 3 aliphatic heterocycles. The highest BCUT2D eigenvalue weighted by Crippen LogP contribution is 2.55. The first-order valence-corrected chi connectivity index (χ1v) is 8.20. The summed E-state index contributed by atoms with van der Waals surface area (Å²) in [4.78, 5) is 7.28. The van der Waals surface area contributed by atoms with Crippen molar-refractivity contribution < 1.29 is 9.60 Å². The number of hydrogen-bond acceptors (Lipinski definition) is 3. The fourth-order valence-electron chi connectivity index (χ4n) is 4.23. The number of rotatable bonds is 2. The summed E-state index contributed by atoms with van der Waals surface area (Å²) < 4.78 is 14.1. The van der Waals surface area contributed by atoms with Gasteiger partial charge in [-0.3, -0.25) is 20.6 Å². The Bertz CT molecular complexity index is 624. The van der Waals surface area contributed by atoms with Crippen molar-refractivity contribution in [3.63, 3.8) is 0 Å². The number of benzene rings is 1. The van der Waals surface area contributed by atoms with Crippen LogP contribution >= 0.6 is 11.6 Å². The normalized spacial score (nSPS) is 32.3. The van der Waals surface area contributed by atoms with Crippen LogP contribution in [0.5, 0.6) is 0 Å². The van der Waals surface area contributed by atoms with Crippen LogP contribution in [0, 0.1) is 11.7 Å². The molecule has 5 rings (SSSR count). The number of nitrogens with one attached hydrogen (secondary N) is 1. The van der Waals surface area contributed by atoms with Gasteiger partial charge in [-0.25, -0.2) is 4.39 Å².